The summed E-state index contributed by atoms with van der Waals surface area (Å²) < 4.78 is 5.12. The van der Waals surface area contributed by atoms with Gasteiger partial charge in [-0.25, -0.2) is 4.79 Å². The van der Waals surface area contributed by atoms with Crippen LogP contribution in [0.4, 0.5) is 10.5 Å². The van der Waals surface area contributed by atoms with Crippen molar-refractivity contribution >= 4 is 23.6 Å². The fourth-order valence-electron chi connectivity index (χ4n) is 2.68. The number of nitrogens with one attached hydrogen (secondary N) is 3. The Morgan fingerprint density at radius 3 is 2.55 bits per heavy atom. The SMILES string of the molecule is C/C(=C\C(=O)NCc1cccc(NC(=O)CCNC(=O)OC(C)(C)C)c1)C1CC1. The number of carbonyl (C=O) groups excluding carboxylic acids is 3. The van der Waals surface area contributed by atoms with Crippen molar-refractivity contribution in [3.8, 4) is 0 Å². The van der Waals surface area contributed by atoms with Gasteiger partial charge in [0.1, 0.15) is 5.60 Å². The van der Waals surface area contributed by atoms with Gasteiger partial charge in [0.15, 0.2) is 0 Å². The van der Waals surface area contributed by atoms with E-state index in [0.29, 0.717) is 18.2 Å². The first-order chi connectivity index (χ1) is 13.6. The molecule has 0 radical (unpaired) electrons. The largest absolute Gasteiger partial charge is 0.444 e. The maximum atomic E-state index is 12.1. The minimum absolute atomic E-state index is 0.0999. The molecule has 0 aromatic heterocycles. The van der Waals surface area contributed by atoms with E-state index in [1.165, 1.54) is 12.8 Å². The molecule has 0 saturated heterocycles. The van der Waals surface area contributed by atoms with Crippen LogP contribution in [0.1, 0.15) is 52.5 Å². The quantitative estimate of drug-likeness (QED) is 0.581. The first-order valence-corrected chi connectivity index (χ1v) is 9.94. The summed E-state index contributed by atoms with van der Waals surface area (Å²) in [4.78, 5) is 35.6. The number of rotatable bonds is 8. The van der Waals surface area contributed by atoms with Gasteiger partial charge in [0, 0.05) is 31.3 Å². The summed E-state index contributed by atoms with van der Waals surface area (Å²) in [6.07, 6.45) is 3.59. The molecular formula is C22H31N3O4. The highest BCUT2D eigenvalue weighted by Crippen LogP contribution is 2.35. The number of anilines is 1. The first kappa shape index (κ1) is 22.5. The lowest BCUT2D eigenvalue weighted by Crippen LogP contribution is -2.34. The van der Waals surface area contributed by atoms with Crippen LogP contribution in [-0.2, 0) is 20.9 Å². The molecule has 0 aliphatic heterocycles. The summed E-state index contributed by atoms with van der Waals surface area (Å²) in [6, 6.07) is 7.30. The highest BCUT2D eigenvalue weighted by atomic mass is 16.6. The van der Waals surface area contributed by atoms with E-state index in [2.05, 4.69) is 16.0 Å². The topological polar surface area (TPSA) is 96.5 Å². The molecule has 0 heterocycles. The second-order valence-corrected chi connectivity index (χ2v) is 8.31. The van der Waals surface area contributed by atoms with Gasteiger partial charge in [-0.3, -0.25) is 9.59 Å². The molecule has 1 fully saturated rings. The van der Waals surface area contributed by atoms with Crippen LogP contribution in [0.25, 0.3) is 0 Å². The van der Waals surface area contributed by atoms with Crippen LogP contribution in [0.3, 0.4) is 0 Å². The fourth-order valence-corrected chi connectivity index (χ4v) is 2.68. The maximum Gasteiger partial charge on any atom is 0.407 e. The Kier molecular flexibility index (Phi) is 7.82. The van der Waals surface area contributed by atoms with E-state index in [1.54, 1.807) is 32.9 Å². The highest BCUT2D eigenvalue weighted by Gasteiger charge is 2.23. The number of ether oxygens (including phenoxy) is 1. The molecule has 1 saturated carbocycles. The molecule has 2 rings (SSSR count). The number of benzene rings is 1. The molecule has 0 spiro atoms. The van der Waals surface area contributed by atoms with Crippen molar-refractivity contribution in [2.24, 2.45) is 5.92 Å². The van der Waals surface area contributed by atoms with Gasteiger partial charge in [0.2, 0.25) is 11.8 Å². The van der Waals surface area contributed by atoms with Gasteiger partial charge >= 0.3 is 6.09 Å². The van der Waals surface area contributed by atoms with Crippen LogP contribution in [0.15, 0.2) is 35.9 Å². The molecular weight excluding hydrogens is 370 g/mol. The lowest BCUT2D eigenvalue weighted by atomic mass is 10.1. The van der Waals surface area contributed by atoms with Crippen LogP contribution < -0.4 is 16.0 Å². The van der Waals surface area contributed by atoms with Crippen molar-refractivity contribution in [3.05, 3.63) is 41.5 Å². The van der Waals surface area contributed by atoms with E-state index >= 15 is 0 Å². The van der Waals surface area contributed by atoms with Crippen molar-refractivity contribution in [2.75, 3.05) is 11.9 Å². The molecule has 1 aliphatic carbocycles. The van der Waals surface area contributed by atoms with E-state index in [1.807, 2.05) is 25.1 Å². The molecule has 0 unspecified atom stereocenters. The average molecular weight is 402 g/mol. The van der Waals surface area contributed by atoms with Gasteiger partial charge in [-0.1, -0.05) is 17.7 Å². The van der Waals surface area contributed by atoms with Crippen LogP contribution in [0.5, 0.6) is 0 Å². The Balaban J connectivity index is 1.74. The molecule has 3 N–H and O–H groups in total. The number of carbonyl (C=O) groups is 3. The predicted octanol–water partition coefficient (Wildman–Crippen LogP) is 3.51. The van der Waals surface area contributed by atoms with Crippen LogP contribution in [0.2, 0.25) is 0 Å². The molecule has 29 heavy (non-hydrogen) atoms. The standard InChI is InChI=1S/C22H31N3O4/c1-15(17-8-9-17)12-20(27)24-14-16-6-5-7-18(13-16)25-19(26)10-11-23-21(28)29-22(2,3)4/h5-7,12-13,17H,8-11,14H2,1-4H3,(H,23,28)(H,24,27)(H,25,26)/b15-12+. The zero-order valence-electron chi connectivity index (χ0n) is 17.6. The summed E-state index contributed by atoms with van der Waals surface area (Å²) in [6.45, 7) is 7.89. The minimum atomic E-state index is -0.575. The second-order valence-electron chi connectivity index (χ2n) is 8.31. The van der Waals surface area contributed by atoms with Crippen molar-refractivity contribution in [2.45, 2.75) is 59.1 Å². The lowest BCUT2D eigenvalue weighted by Gasteiger charge is -2.19. The lowest BCUT2D eigenvalue weighted by molar-refractivity contribution is -0.117. The smallest absolute Gasteiger partial charge is 0.407 e. The van der Waals surface area contributed by atoms with Crippen molar-refractivity contribution in [1.82, 2.24) is 10.6 Å². The van der Waals surface area contributed by atoms with Crippen molar-refractivity contribution in [1.29, 1.82) is 0 Å². The van der Waals surface area contributed by atoms with Crippen molar-refractivity contribution < 1.29 is 19.1 Å². The molecule has 7 nitrogen and oxygen atoms in total. The zero-order chi connectivity index (χ0) is 21.4. The van der Waals surface area contributed by atoms with Crippen molar-refractivity contribution in [3.63, 3.8) is 0 Å². The Morgan fingerprint density at radius 1 is 1.17 bits per heavy atom. The van der Waals surface area contributed by atoms with E-state index < -0.39 is 11.7 Å². The molecule has 1 aromatic carbocycles. The predicted molar refractivity (Wildman–Crippen MR) is 112 cm³/mol. The van der Waals surface area contributed by atoms with Gasteiger partial charge in [0.05, 0.1) is 0 Å². The average Bonchev–Trinajstić information content (AvgIpc) is 3.44. The van der Waals surface area contributed by atoms with Crippen LogP contribution in [-0.4, -0.2) is 30.1 Å². The van der Waals surface area contributed by atoms with Gasteiger partial charge in [-0.2, -0.15) is 0 Å². The summed E-state index contributed by atoms with van der Waals surface area (Å²) in [7, 11) is 0. The molecule has 0 atom stereocenters. The van der Waals surface area contributed by atoms with Crippen LogP contribution in [0, 0.1) is 5.92 Å². The van der Waals surface area contributed by atoms with Gasteiger partial charge in [0.25, 0.3) is 0 Å². The Morgan fingerprint density at radius 2 is 1.90 bits per heavy atom. The number of alkyl carbamates (subject to hydrolysis) is 1. The second kappa shape index (κ2) is 10.1. The monoisotopic (exact) mass is 401 g/mol. The van der Waals surface area contributed by atoms with Crippen LogP contribution >= 0.6 is 0 Å². The normalized spacial score (nSPS) is 14.1. The number of amides is 3. The van der Waals surface area contributed by atoms with Gasteiger partial charge in [-0.05, 0) is 64.2 Å². The number of hydrogen-bond donors (Lipinski definition) is 3. The zero-order valence-corrected chi connectivity index (χ0v) is 17.6. The third-order valence-corrected chi connectivity index (χ3v) is 4.28. The third-order valence-electron chi connectivity index (χ3n) is 4.28. The van der Waals surface area contributed by atoms with E-state index in [-0.39, 0.29) is 24.8 Å². The number of allylic oxidation sites excluding steroid dienone is 1. The molecule has 0 bridgehead atoms. The minimum Gasteiger partial charge on any atom is -0.444 e. The Hall–Kier alpha value is -2.83. The third kappa shape index (κ3) is 9.27. The summed E-state index contributed by atoms with van der Waals surface area (Å²) in [5.41, 5.74) is 2.09. The Labute approximate surface area is 172 Å². The summed E-state index contributed by atoms with van der Waals surface area (Å²) in [5, 5.41) is 8.21. The maximum absolute atomic E-state index is 12.1. The summed E-state index contributed by atoms with van der Waals surface area (Å²) in [5.74, 6) is 0.256. The number of hydrogen-bond acceptors (Lipinski definition) is 4. The molecule has 1 aromatic rings. The summed E-state index contributed by atoms with van der Waals surface area (Å²) >= 11 is 0. The van der Waals surface area contributed by atoms with E-state index in [0.717, 1.165) is 11.1 Å². The van der Waals surface area contributed by atoms with E-state index in [4.69, 9.17) is 4.74 Å². The van der Waals surface area contributed by atoms with Gasteiger partial charge in [-0.15, -0.1) is 0 Å². The Bertz CT molecular complexity index is 777. The molecule has 3 amide bonds. The highest BCUT2D eigenvalue weighted by molar-refractivity contribution is 5.91. The molecule has 158 valence electrons. The van der Waals surface area contributed by atoms with E-state index in [9.17, 15) is 14.4 Å². The van der Waals surface area contributed by atoms with Gasteiger partial charge < -0.3 is 20.7 Å². The molecule has 7 heteroatoms. The first-order valence-electron chi connectivity index (χ1n) is 9.94. The fraction of sp³-hybridized carbons (Fsp3) is 0.500. The molecule has 1 aliphatic rings.